The highest BCUT2D eigenvalue weighted by molar-refractivity contribution is 9.10. The van der Waals surface area contributed by atoms with Gasteiger partial charge in [-0.05, 0) is 46.6 Å². The molecule has 2 rings (SSSR count). The molecule has 0 bridgehead atoms. The lowest BCUT2D eigenvalue weighted by atomic mass is 10.0. The van der Waals surface area contributed by atoms with Gasteiger partial charge in [-0.1, -0.05) is 17.7 Å². The highest BCUT2D eigenvalue weighted by atomic mass is 79.9. The first-order valence-corrected chi connectivity index (χ1v) is 6.52. The summed E-state index contributed by atoms with van der Waals surface area (Å²) >= 11 is 9.43. The van der Waals surface area contributed by atoms with Gasteiger partial charge in [-0.25, -0.2) is 0 Å². The van der Waals surface area contributed by atoms with E-state index in [0.29, 0.717) is 5.02 Å². The summed E-state index contributed by atoms with van der Waals surface area (Å²) < 4.78 is 2.76. The third kappa shape index (κ3) is 2.54. The number of benzene rings is 1. The normalized spacial score (nSPS) is 12.7. The predicted octanol–water partition coefficient (Wildman–Crippen LogP) is 3.37. The largest absolute Gasteiger partial charge is 0.319 e. The molecule has 1 heterocycles. The van der Waals surface area contributed by atoms with Crippen molar-refractivity contribution in [2.24, 2.45) is 5.73 Å². The Labute approximate surface area is 114 Å². The number of nitrogens with two attached hydrogens (primary N) is 1. The highest BCUT2D eigenvalue weighted by Gasteiger charge is 2.14. The second-order valence-electron chi connectivity index (χ2n) is 3.72. The van der Waals surface area contributed by atoms with Crippen LogP contribution in [-0.2, 0) is 6.54 Å². The molecular weight excluding hydrogens is 302 g/mol. The Balaban J connectivity index is 2.36. The van der Waals surface area contributed by atoms with Crippen LogP contribution in [-0.4, -0.2) is 9.78 Å². The molecule has 2 aromatic rings. The molecule has 0 spiro atoms. The quantitative estimate of drug-likeness (QED) is 0.944. The number of hydrogen-bond acceptors (Lipinski definition) is 2. The molecule has 0 aliphatic heterocycles. The van der Waals surface area contributed by atoms with Crippen molar-refractivity contribution in [3.05, 3.63) is 51.2 Å². The summed E-state index contributed by atoms with van der Waals surface area (Å²) in [5.74, 6) is 0. The van der Waals surface area contributed by atoms with Gasteiger partial charge in [0.05, 0.1) is 16.8 Å². The summed E-state index contributed by atoms with van der Waals surface area (Å²) in [6.45, 7) is 2.85. The van der Waals surface area contributed by atoms with Crippen molar-refractivity contribution < 1.29 is 0 Å². The van der Waals surface area contributed by atoms with E-state index >= 15 is 0 Å². The maximum atomic E-state index is 6.22. The molecule has 0 fully saturated rings. The van der Waals surface area contributed by atoms with Crippen molar-refractivity contribution in [2.75, 3.05) is 0 Å². The summed E-state index contributed by atoms with van der Waals surface area (Å²) in [7, 11) is 0. The van der Waals surface area contributed by atoms with Crippen LogP contribution >= 0.6 is 27.5 Å². The van der Waals surface area contributed by atoms with Crippen LogP contribution in [0.3, 0.4) is 0 Å². The number of hydrogen-bond donors (Lipinski definition) is 1. The first-order chi connectivity index (χ1) is 8.13. The topological polar surface area (TPSA) is 43.8 Å². The van der Waals surface area contributed by atoms with Gasteiger partial charge in [-0.2, -0.15) is 5.10 Å². The van der Waals surface area contributed by atoms with Crippen molar-refractivity contribution >= 4 is 27.5 Å². The van der Waals surface area contributed by atoms with Crippen LogP contribution in [0, 0.1) is 0 Å². The summed E-state index contributed by atoms with van der Waals surface area (Å²) in [6.07, 6.45) is 1.76. The monoisotopic (exact) mass is 313 g/mol. The number of aryl methyl sites for hydroxylation is 1. The van der Waals surface area contributed by atoms with Crippen LogP contribution in [0.5, 0.6) is 0 Å². The van der Waals surface area contributed by atoms with Crippen molar-refractivity contribution in [3.8, 4) is 0 Å². The van der Waals surface area contributed by atoms with Gasteiger partial charge in [0, 0.05) is 17.2 Å². The van der Waals surface area contributed by atoms with Crippen LogP contribution in [0.4, 0.5) is 0 Å². The van der Waals surface area contributed by atoms with Gasteiger partial charge in [-0.15, -0.1) is 0 Å². The zero-order chi connectivity index (χ0) is 12.4. The van der Waals surface area contributed by atoms with Crippen LogP contribution in [0.25, 0.3) is 0 Å². The number of rotatable bonds is 3. The summed E-state index contributed by atoms with van der Waals surface area (Å²) in [6, 6.07) is 7.48. The fourth-order valence-corrected chi connectivity index (χ4v) is 2.18. The van der Waals surface area contributed by atoms with Crippen LogP contribution in [0.1, 0.15) is 24.2 Å². The van der Waals surface area contributed by atoms with Crippen molar-refractivity contribution in [2.45, 2.75) is 19.5 Å². The van der Waals surface area contributed by atoms with Gasteiger partial charge in [0.2, 0.25) is 0 Å². The van der Waals surface area contributed by atoms with Gasteiger partial charge < -0.3 is 5.73 Å². The zero-order valence-corrected chi connectivity index (χ0v) is 11.7. The minimum absolute atomic E-state index is 0.206. The molecule has 0 saturated carbocycles. The lowest BCUT2D eigenvalue weighted by Crippen LogP contribution is -2.17. The Kier molecular flexibility index (Phi) is 3.86. The maximum absolute atomic E-state index is 6.22. The van der Waals surface area contributed by atoms with Crippen LogP contribution in [0.15, 0.2) is 34.9 Å². The first-order valence-electron chi connectivity index (χ1n) is 5.35. The predicted molar refractivity (Wildman–Crippen MR) is 73.1 cm³/mol. The van der Waals surface area contributed by atoms with E-state index in [1.165, 1.54) is 0 Å². The number of halogens is 2. The minimum atomic E-state index is -0.206. The molecule has 1 atom stereocenters. The Morgan fingerprint density at radius 2 is 2.24 bits per heavy atom. The Bertz CT molecular complexity index is 524. The summed E-state index contributed by atoms with van der Waals surface area (Å²) in [5.41, 5.74) is 8.19. The van der Waals surface area contributed by atoms with E-state index in [9.17, 15) is 0 Å². The SMILES string of the molecule is CCn1nccc1C(N)c1ccc(Br)c(Cl)c1. The van der Waals surface area contributed by atoms with E-state index in [1.807, 2.05) is 35.9 Å². The minimum Gasteiger partial charge on any atom is -0.319 e. The second kappa shape index (κ2) is 5.21. The second-order valence-corrected chi connectivity index (χ2v) is 4.98. The van der Waals surface area contributed by atoms with Crippen molar-refractivity contribution in [1.29, 1.82) is 0 Å². The standard InChI is InChI=1S/C12H13BrClN3/c1-2-17-11(5-6-16-17)12(15)8-3-4-9(13)10(14)7-8/h3-7,12H,2,15H2,1H3. The molecule has 1 aromatic carbocycles. The first kappa shape index (κ1) is 12.6. The molecule has 0 saturated heterocycles. The molecule has 0 aliphatic rings. The van der Waals surface area contributed by atoms with Gasteiger partial charge >= 0.3 is 0 Å². The molecule has 0 aliphatic carbocycles. The van der Waals surface area contributed by atoms with Gasteiger partial charge in [0.25, 0.3) is 0 Å². The van der Waals surface area contributed by atoms with Crippen LogP contribution < -0.4 is 5.73 Å². The van der Waals surface area contributed by atoms with Gasteiger partial charge in [0.1, 0.15) is 0 Å². The fourth-order valence-electron chi connectivity index (χ4n) is 1.75. The van der Waals surface area contributed by atoms with E-state index in [2.05, 4.69) is 21.0 Å². The van der Waals surface area contributed by atoms with E-state index in [0.717, 1.165) is 22.3 Å². The van der Waals surface area contributed by atoms with Gasteiger partial charge in [0.15, 0.2) is 0 Å². The van der Waals surface area contributed by atoms with E-state index in [-0.39, 0.29) is 6.04 Å². The van der Waals surface area contributed by atoms with E-state index < -0.39 is 0 Å². The molecule has 1 unspecified atom stereocenters. The number of aromatic nitrogens is 2. The Morgan fingerprint density at radius 1 is 1.47 bits per heavy atom. The molecule has 17 heavy (non-hydrogen) atoms. The van der Waals surface area contributed by atoms with E-state index in [4.69, 9.17) is 17.3 Å². The van der Waals surface area contributed by atoms with Crippen LogP contribution in [0.2, 0.25) is 5.02 Å². The molecule has 0 amide bonds. The molecule has 5 heteroatoms. The molecule has 0 radical (unpaired) electrons. The fraction of sp³-hybridized carbons (Fsp3) is 0.250. The number of nitrogens with zero attached hydrogens (tertiary/aromatic N) is 2. The zero-order valence-electron chi connectivity index (χ0n) is 9.40. The molecule has 1 aromatic heterocycles. The van der Waals surface area contributed by atoms with Crippen molar-refractivity contribution in [3.63, 3.8) is 0 Å². The van der Waals surface area contributed by atoms with Crippen molar-refractivity contribution in [1.82, 2.24) is 9.78 Å². The lowest BCUT2D eigenvalue weighted by molar-refractivity contribution is 0.601. The smallest absolute Gasteiger partial charge is 0.0723 e. The molecule has 90 valence electrons. The molecule has 3 nitrogen and oxygen atoms in total. The van der Waals surface area contributed by atoms with Gasteiger partial charge in [-0.3, -0.25) is 4.68 Å². The highest BCUT2D eigenvalue weighted by Crippen LogP contribution is 2.27. The third-order valence-electron chi connectivity index (χ3n) is 2.67. The maximum Gasteiger partial charge on any atom is 0.0723 e. The van der Waals surface area contributed by atoms with E-state index in [1.54, 1.807) is 6.20 Å². The Morgan fingerprint density at radius 3 is 2.88 bits per heavy atom. The molecular formula is C12H13BrClN3. The lowest BCUT2D eigenvalue weighted by Gasteiger charge is -2.14. The average Bonchev–Trinajstić information content (AvgIpc) is 2.80. The molecule has 2 N–H and O–H groups in total. The average molecular weight is 315 g/mol. The third-order valence-corrected chi connectivity index (χ3v) is 3.90. The summed E-state index contributed by atoms with van der Waals surface area (Å²) in [5, 5.41) is 4.88. The Hall–Kier alpha value is -0.840. The summed E-state index contributed by atoms with van der Waals surface area (Å²) in [4.78, 5) is 0.